The zero-order valence-electron chi connectivity index (χ0n) is 19.4. The standard InChI is InChI=1S/C17H12F3NO5.C8H7ClO2/c1-26-12-5-2-10(3-6-12)15(22)9-16(23)13-7-4-11(17(18,19)20)8-14(13)21(24)25;1-11-7-4-2-6(3-5-7)8(9)10/h2-8H,9H2,1H3;2-5H,1H3. The lowest BCUT2D eigenvalue weighted by molar-refractivity contribution is -0.385. The van der Waals surface area contributed by atoms with Gasteiger partial charge in [-0.3, -0.25) is 24.5 Å². The summed E-state index contributed by atoms with van der Waals surface area (Å²) in [7, 11) is 3.00. The molecule has 3 aromatic rings. The van der Waals surface area contributed by atoms with Gasteiger partial charge in [0.2, 0.25) is 0 Å². The average Bonchev–Trinajstić information content (AvgIpc) is 2.88. The Morgan fingerprint density at radius 2 is 1.32 bits per heavy atom. The number of hydrogen-bond donors (Lipinski definition) is 0. The fourth-order valence-electron chi connectivity index (χ4n) is 2.94. The highest BCUT2D eigenvalue weighted by atomic mass is 35.5. The van der Waals surface area contributed by atoms with Gasteiger partial charge in [-0.05, 0) is 72.3 Å². The first-order valence-electron chi connectivity index (χ1n) is 10.3. The molecule has 0 bridgehead atoms. The molecule has 0 aliphatic heterocycles. The van der Waals surface area contributed by atoms with Crippen LogP contribution in [-0.4, -0.2) is 36.0 Å². The Hall–Kier alpha value is -4.25. The van der Waals surface area contributed by atoms with Crippen LogP contribution in [0.15, 0.2) is 66.7 Å². The van der Waals surface area contributed by atoms with Gasteiger partial charge in [0, 0.05) is 17.2 Å². The maximum Gasteiger partial charge on any atom is 0.416 e. The number of halogens is 4. The highest BCUT2D eigenvalue weighted by Crippen LogP contribution is 2.33. The van der Waals surface area contributed by atoms with Gasteiger partial charge < -0.3 is 9.47 Å². The van der Waals surface area contributed by atoms with E-state index < -0.39 is 51.1 Å². The van der Waals surface area contributed by atoms with Gasteiger partial charge in [-0.25, -0.2) is 0 Å². The van der Waals surface area contributed by atoms with Gasteiger partial charge in [0.25, 0.3) is 10.9 Å². The molecule has 8 nitrogen and oxygen atoms in total. The average molecular weight is 538 g/mol. The summed E-state index contributed by atoms with van der Waals surface area (Å²) in [5, 5.41) is 10.6. The van der Waals surface area contributed by atoms with Crippen molar-refractivity contribution in [1.29, 1.82) is 0 Å². The predicted octanol–water partition coefficient (Wildman–Crippen LogP) is 6.15. The molecule has 0 saturated carbocycles. The molecule has 0 atom stereocenters. The van der Waals surface area contributed by atoms with Gasteiger partial charge in [0.1, 0.15) is 11.5 Å². The minimum absolute atomic E-state index is 0.175. The zero-order chi connectivity index (χ0) is 27.8. The van der Waals surface area contributed by atoms with Crippen molar-refractivity contribution in [3.05, 3.63) is 99.1 Å². The summed E-state index contributed by atoms with van der Waals surface area (Å²) in [6.45, 7) is 0. The van der Waals surface area contributed by atoms with E-state index in [1.54, 1.807) is 31.4 Å². The van der Waals surface area contributed by atoms with Gasteiger partial charge in [0.05, 0.1) is 36.7 Å². The van der Waals surface area contributed by atoms with Crippen LogP contribution in [0.5, 0.6) is 11.5 Å². The molecular formula is C25H19ClF3NO7. The van der Waals surface area contributed by atoms with E-state index in [4.69, 9.17) is 21.1 Å². The van der Waals surface area contributed by atoms with E-state index in [9.17, 15) is 37.7 Å². The van der Waals surface area contributed by atoms with E-state index in [-0.39, 0.29) is 11.6 Å². The molecule has 12 heteroatoms. The molecule has 0 spiro atoms. The van der Waals surface area contributed by atoms with E-state index in [0.29, 0.717) is 29.2 Å². The molecule has 0 saturated heterocycles. The lowest BCUT2D eigenvalue weighted by Crippen LogP contribution is -2.12. The summed E-state index contributed by atoms with van der Waals surface area (Å²) in [5.74, 6) is -0.351. The molecule has 37 heavy (non-hydrogen) atoms. The van der Waals surface area contributed by atoms with Crippen LogP contribution in [-0.2, 0) is 6.18 Å². The van der Waals surface area contributed by atoms with Crippen molar-refractivity contribution in [1.82, 2.24) is 0 Å². The SMILES string of the molecule is COc1ccc(C(=O)CC(=O)c2ccc(C(F)(F)F)cc2[N+](=O)[O-])cc1.COc1ccc(C(=O)Cl)cc1. The highest BCUT2D eigenvalue weighted by molar-refractivity contribution is 6.67. The van der Waals surface area contributed by atoms with E-state index >= 15 is 0 Å². The molecular weight excluding hydrogens is 519 g/mol. The summed E-state index contributed by atoms with van der Waals surface area (Å²) < 4.78 is 47.9. The molecule has 0 unspecified atom stereocenters. The van der Waals surface area contributed by atoms with Crippen molar-refractivity contribution in [2.75, 3.05) is 14.2 Å². The second-order valence-electron chi connectivity index (χ2n) is 7.24. The normalized spacial score (nSPS) is 10.5. The fourth-order valence-corrected chi connectivity index (χ4v) is 3.06. The lowest BCUT2D eigenvalue weighted by Gasteiger charge is -2.08. The number of hydrogen-bond acceptors (Lipinski definition) is 7. The Labute approximate surface area is 213 Å². The largest absolute Gasteiger partial charge is 0.497 e. The minimum atomic E-state index is -4.79. The molecule has 0 aliphatic carbocycles. The number of nitro groups is 1. The number of carbonyl (C=O) groups excluding carboxylic acids is 3. The van der Waals surface area contributed by atoms with Gasteiger partial charge >= 0.3 is 6.18 Å². The molecule has 0 aromatic heterocycles. The quantitative estimate of drug-likeness (QED) is 0.111. The Kier molecular flexibility index (Phi) is 9.90. The van der Waals surface area contributed by atoms with Crippen LogP contribution < -0.4 is 9.47 Å². The molecule has 194 valence electrons. The topological polar surface area (TPSA) is 113 Å². The summed E-state index contributed by atoms with van der Waals surface area (Å²) in [6.07, 6.45) is -5.50. The Morgan fingerprint density at radius 1 is 0.838 bits per heavy atom. The van der Waals surface area contributed by atoms with Crippen LogP contribution in [0.1, 0.15) is 43.1 Å². The number of ketones is 2. The van der Waals surface area contributed by atoms with Crippen molar-refractivity contribution >= 4 is 34.1 Å². The molecule has 3 aromatic carbocycles. The number of nitro benzene ring substituents is 1. The molecule has 0 radical (unpaired) electrons. The first kappa shape index (κ1) is 29.0. The summed E-state index contributed by atoms with van der Waals surface area (Å²) in [6, 6.07) is 14.0. The molecule has 0 N–H and O–H groups in total. The van der Waals surface area contributed by atoms with E-state index in [1.165, 1.54) is 31.4 Å². The van der Waals surface area contributed by atoms with Crippen LogP contribution in [0.3, 0.4) is 0 Å². The van der Waals surface area contributed by atoms with E-state index in [0.717, 1.165) is 0 Å². The number of Topliss-reactive ketones (excluding diaryl/α,β-unsaturated/α-hetero) is 2. The number of rotatable bonds is 8. The van der Waals surface area contributed by atoms with Crippen LogP contribution in [0.2, 0.25) is 0 Å². The number of methoxy groups -OCH3 is 2. The van der Waals surface area contributed by atoms with Gasteiger partial charge in [-0.1, -0.05) is 0 Å². The third-order valence-corrected chi connectivity index (χ3v) is 5.09. The van der Waals surface area contributed by atoms with Crippen molar-refractivity contribution < 1.29 is 42.0 Å². The Balaban J connectivity index is 0.000000364. The molecule has 0 amide bonds. The minimum Gasteiger partial charge on any atom is -0.497 e. The smallest absolute Gasteiger partial charge is 0.416 e. The second-order valence-corrected chi connectivity index (χ2v) is 7.58. The number of nitrogens with zero attached hydrogens (tertiary/aromatic N) is 1. The summed E-state index contributed by atoms with van der Waals surface area (Å²) >= 11 is 5.22. The van der Waals surface area contributed by atoms with Crippen LogP contribution in [0.4, 0.5) is 18.9 Å². The lowest BCUT2D eigenvalue weighted by atomic mass is 9.99. The first-order chi connectivity index (χ1) is 17.4. The molecule has 0 fully saturated rings. The maximum absolute atomic E-state index is 12.7. The van der Waals surface area contributed by atoms with Crippen LogP contribution in [0, 0.1) is 10.1 Å². The van der Waals surface area contributed by atoms with Crippen molar-refractivity contribution in [3.8, 4) is 11.5 Å². The number of alkyl halides is 3. The Morgan fingerprint density at radius 3 is 1.73 bits per heavy atom. The summed E-state index contributed by atoms with van der Waals surface area (Å²) in [5.41, 5.74) is -2.14. The monoisotopic (exact) mass is 537 g/mol. The molecule has 0 aliphatic rings. The zero-order valence-corrected chi connectivity index (χ0v) is 20.1. The first-order valence-corrected chi connectivity index (χ1v) is 10.6. The van der Waals surface area contributed by atoms with Gasteiger partial charge in [-0.15, -0.1) is 0 Å². The number of carbonyl (C=O) groups is 3. The third kappa shape index (κ3) is 8.14. The Bertz CT molecular complexity index is 1290. The summed E-state index contributed by atoms with van der Waals surface area (Å²) in [4.78, 5) is 44.8. The molecule has 3 rings (SSSR count). The number of benzene rings is 3. The van der Waals surface area contributed by atoms with Crippen LogP contribution >= 0.6 is 11.6 Å². The van der Waals surface area contributed by atoms with E-state index in [1.807, 2.05) is 0 Å². The van der Waals surface area contributed by atoms with Crippen LogP contribution in [0.25, 0.3) is 0 Å². The van der Waals surface area contributed by atoms with Crippen molar-refractivity contribution in [3.63, 3.8) is 0 Å². The highest BCUT2D eigenvalue weighted by Gasteiger charge is 2.34. The van der Waals surface area contributed by atoms with Gasteiger partial charge in [0.15, 0.2) is 11.6 Å². The van der Waals surface area contributed by atoms with Gasteiger partial charge in [-0.2, -0.15) is 13.2 Å². The fraction of sp³-hybridized carbons (Fsp3) is 0.160. The van der Waals surface area contributed by atoms with Crippen molar-refractivity contribution in [2.45, 2.75) is 12.6 Å². The van der Waals surface area contributed by atoms with E-state index in [2.05, 4.69) is 0 Å². The predicted molar refractivity (Wildman–Crippen MR) is 128 cm³/mol. The van der Waals surface area contributed by atoms with Crippen molar-refractivity contribution in [2.24, 2.45) is 0 Å². The maximum atomic E-state index is 12.7. The number of ether oxygens (including phenoxy) is 2. The second kappa shape index (κ2) is 12.6. The third-order valence-electron chi connectivity index (χ3n) is 4.87. The molecule has 0 heterocycles.